The molecule has 4 rings (SSSR count). The second-order valence-electron chi connectivity index (χ2n) is 8.61. The molecule has 0 spiro atoms. The lowest BCUT2D eigenvalue weighted by atomic mass is 10.0. The van der Waals surface area contributed by atoms with Crippen LogP contribution in [-0.2, 0) is 33.8 Å². The minimum atomic E-state index is -1.01. The smallest absolute Gasteiger partial charge is 0.408 e. The van der Waals surface area contributed by atoms with Gasteiger partial charge in [0.15, 0.2) is 0 Å². The van der Waals surface area contributed by atoms with Crippen LogP contribution < -0.4 is 16.4 Å². The number of amides is 3. The topological polar surface area (TPSA) is 123 Å². The lowest BCUT2D eigenvalue weighted by Crippen LogP contribution is -2.54. The molecule has 0 saturated heterocycles. The van der Waals surface area contributed by atoms with Gasteiger partial charge in [-0.3, -0.25) is 14.6 Å². The van der Waals surface area contributed by atoms with Gasteiger partial charge in [-0.15, -0.1) is 0 Å². The molecule has 1 heterocycles. The summed E-state index contributed by atoms with van der Waals surface area (Å²) in [5, 5.41) is 6.28. The molecule has 188 valence electrons. The van der Waals surface area contributed by atoms with E-state index in [1.165, 1.54) is 0 Å². The average molecular weight is 497 g/mol. The zero-order chi connectivity index (χ0) is 26.0. The number of carbonyl (C=O) groups is 3. The van der Waals surface area contributed by atoms with E-state index in [1.807, 2.05) is 91.0 Å². The Balaban J connectivity index is 1.45. The maximum absolute atomic E-state index is 13.3. The normalized spacial score (nSPS) is 12.3. The molecule has 4 aromatic rings. The van der Waals surface area contributed by atoms with E-state index in [0.29, 0.717) is 5.69 Å². The number of hydrogen-bond acceptors (Lipinski definition) is 5. The summed E-state index contributed by atoms with van der Waals surface area (Å²) in [6.07, 6.45) is -0.429. The number of nitrogens with zero attached hydrogens (tertiary/aromatic N) is 1. The highest BCUT2D eigenvalue weighted by atomic mass is 16.5. The predicted molar refractivity (Wildman–Crippen MR) is 140 cm³/mol. The molecule has 0 aliphatic rings. The number of fused-ring (bicyclic) bond motifs is 1. The molecule has 3 amide bonds. The zero-order valence-electron chi connectivity index (χ0n) is 20.2. The van der Waals surface area contributed by atoms with Gasteiger partial charge >= 0.3 is 6.09 Å². The van der Waals surface area contributed by atoms with Gasteiger partial charge in [0.1, 0.15) is 18.7 Å². The highest BCUT2D eigenvalue weighted by Gasteiger charge is 2.27. The number of nitrogens with two attached hydrogens (primary N) is 1. The largest absolute Gasteiger partial charge is 0.445 e. The number of carbonyl (C=O) groups excluding carboxylic acids is 3. The summed E-state index contributed by atoms with van der Waals surface area (Å²) < 4.78 is 5.30. The molecule has 4 N–H and O–H groups in total. The Kier molecular flexibility index (Phi) is 8.44. The van der Waals surface area contributed by atoms with Crippen LogP contribution >= 0.6 is 0 Å². The van der Waals surface area contributed by atoms with Gasteiger partial charge in [-0.25, -0.2) is 4.79 Å². The van der Waals surface area contributed by atoms with E-state index in [1.54, 1.807) is 6.07 Å². The van der Waals surface area contributed by atoms with Crippen LogP contribution in [-0.4, -0.2) is 35.0 Å². The summed E-state index contributed by atoms with van der Waals surface area (Å²) in [6, 6.07) is 27.8. The Bertz CT molecular complexity index is 1360. The summed E-state index contributed by atoms with van der Waals surface area (Å²) in [6.45, 7) is 0.0594. The third-order valence-corrected chi connectivity index (χ3v) is 5.83. The third kappa shape index (κ3) is 7.38. The van der Waals surface area contributed by atoms with Crippen molar-refractivity contribution >= 4 is 28.8 Å². The Morgan fingerprint density at radius 2 is 1.38 bits per heavy atom. The van der Waals surface area contributed by atoms with Crippen molar-refractivity contribution in [1.82, 2.24) is 15.6 Å². The van der Waals surface area contributed by atoms with Gasteiger partial charge in [0.05, 0.1) is 5.52 Å². The highest BCUT2D eigenvalue weighted by Crippen LogP contribution is 2.13. The van der Waals surface area contributed by atoms with Crippen LogP contribution in [0.2, 0.25) is 0 Å². The molecule has 3 aromatic carbocycles. The Hall–Kier alpha value is -4.72. The van der Waals surface area contributed by atoms with Crippen LogP contribution in [0.5, 0.6) is 0 Å². The van der Waals surface area contributed by atoms with E-state index in [9.17, 15) is 14.4 Å². The monoisotopic (exact) mass is 496 g/mol. The first-order valence-corrected chi connectivity index (χ1v) is 11.9. The van der Waals surface area contributed by atoms with Crippen LogP contribution in [0.1, 0.15) is 16.8 Å². The van der Waals surface area contributed by atoms with Crippen molar-refractivity contribution in [1.29, 1.82) is 0 Å². The predicted octanol–water partition coefficient (Wildman–Crippen LogP) is 3.29. The maximum atomic E-state index is 13.3. The fourth-order valence-corrected chi connectivity index (χ4v) is 3.89. The fraction of sp³-hybridized carbons (Fsp3) is 0.172. The van der Waals surface area contributed by atoms with Crippen molar-refractivity contribution in [3.8, 4) is 0 Å². The number of benzene rings is 3. The third-order valence-electron chi connectivity index (χ3n) is 5.83. The molecular formula is C29H28N4O4. The van der Waals surface area contributed by atoms with Gasteiger partial charge in [-0.1, -0.05) is 84.9 Å². The van der Waals surface area contributed by atoms with Crippen LogP contribution in [0.4, 0.5) is 4.79 Å². The van der Waals surface area contributed by atoms with E-state index in [4.69, 9.17) is 10.5 Å². The first kappa shape index (κ1) is 25.4. The van der Waals surface area contributed by atoms with Crippen molar-refractivity contribution in [2.24, 2.45) is 5.73 Å². The molecule has 37 heavy (non-hydrogen) atoms. The molecule has 8 nitrogen and oxygen atoms in total. The number of aromatic nitrogens is 1. The quantitative estimate of drug-likeness (QED) is 0.311. The lowest BCUT2D eigenvalue weighted by molar-refractivity contribution is -0.128. The second kappa shape index (κ2) is 12.3. The number of rotatable bonds is 10. The first-order chi connectivity index (χ1) is 18.0. The van der Waals surface area contributed by atoms with Gasteiger partial charge in [0.2, 0.25) is 11.8 Å². The number of nitrogens with one attached hydrogen (secondary N) is 2. The summed E-state index contributed by atoms with van der Waals surface area (Å²) in [5.41, 5.74) is 8.65. The summed E-state index contributed by atoms with van der Waals surface area (Å²) >= 11 is 0. The average Bonchev–Trinajstić information content (AvgIpc) is 2.92. The second-order valence-corrected chi connectivity index (χ2v) is 8.61. The lowest BCUT2D eigenvalue weighted by Gasteiger charge is -2.22. The summed E-state index contributed by atoms with van der Waals surface area (Å²) in [7, 11) is 0. The van der Waals surface area contributed by atoms with Gasteiger partial charge in [0.25, 0.3) is 0 Å². The highest BCUT2D eigenvalue weighted by molar-refractivity contribution is 5.91. The molecule has 8 heteroatoms. The molecule has 0 fully saturated rings. The standard InChI is InChI=1S/C29H28N4O4/c30-27(34)25(18-23-16-15-22-13-7-8-14-24(22)31-23)32-28(35)26(17-20-9-3-1-4-10-20)33-29(36)37-19-21-11-5-2-6-12-21/h1-16,25-26H,17-19H2,(H2,30,34)(H,32,35)(H,33,36)/t25-,26-/m0/s1. The number of hydrogen-bond donors (Lipinski definition) is 3. The molecule has 0 unspecified atom stereocenters. The number of alkyl carbamates (subject to hydrolysis) is 1. The number of pyridine rings is 1. The Labute approximate surface area is 214 Å². The van der Waals surface area contributed by atoms with Crippen LogP contribution in [0.3, 0.4) is 0 Å². The summed E-state index contributed by atoms with van der Waals surface area (Å²) in [4.78, 5) is 42.6. The van der Waals surface area contributed by atoms with Crippen molar-refractivity contribution in [3.63, 3.8) is 0 Å². The van der Waals surface area contributed by atoms with Crippen LogP contribution in [0.15, 0.2) is 97.1 Å². The van der Waals surface area contributed by atoms with Crippen LogP contribution in [0.25, 0.3) is 10.9 Å². The van der Waals surface area contributed by atoms with Crippen molar-refractivity contribution in [2.75, 3.05) is 0 Å². The van der Waals surface area contributed by atoms with Crippen LogP contribution in [0, 0.1) is 0 Å². The molecule has 0 aliphatic heterocycles. The summed E-state index contributed by atoms with van der Waals surface area (Å²) in [5.74, 6) is -1.25. The first-order valence-electron chi connectivity index (χ1n) is 11.9. The SMILES string of the molecule is NC(=O)[C@H](Cc1ccc2ccccc2n1)NC(=O)[C@H](Cc1ccccc1)NC(=O)OCc1ccccc1. The van der Waals surface area contributed by atoms with Gasteiger partial charge in [-0.05, 0) is 23.3 Å². The van der Waals surface area contributed by atoms with E-state index < -0.39 is 30.0 Å². The molecule has 0 radical (unpaired) electrons. The van der Waals surface area contributed by atoms with Gasteiger partial charge in [0, 0.05) is 23.9 Å². The number of ether oxygens (including phenoxy) is 1. The fourth-order valence-electron chi connectivity index (χ4n) is 3.89. The van der Waals surface area contributed by atoms with Crippen molar-refractivity contribution in [2.45, 2.75) is 31.5 Å². The molecule has 0 bridgehead atoms. The van der Waals surface area contributed by atoms with E-state index in [2.05, 4.69) is 15.6 Å². The Morgan fingerprint density at radius 3 is 2.08 bits per heavy atom. The number of para-hydroxylation sites is 1. The molecule has 1 aromatic heterocycles. The molecular weight excluding hydrogens is 468 g/mol. The molecule has 2 atom stereocenters. The minimum Gasteiger partial charge on any atom is -0.445 e. The molecule has 0 saturated carbocycles. The van der Waals surface area contributed by atoms with E-state index >= 15 is 0 Å². The minimum absolute atomic E-state index is 0.0594. The zero-order valence-corrected chi connectivity index (χ0v) is 20.2. The van der Waals surface area contributed by atoms with E-state index in [0.717, 1.165) is 22.0 Å². The number of primary amides is 1. The van der Waals surface area contributed by atoms with E-state index in [-0.39, 0.29) is 19.4 Å². The van der Waals surface area contributed by atoms with Gasteiger partial charge < -0.3 is 21.1 Å². The van der Waals surface area contributed by atoms with Gasteiger partial charge in [-0.2, -0.15) is 0 Å². The van der Waals surface area contributed by atoms with Crippen molar-refractivity contribution in [3.05, 3.63) is 114 Å². The van der Waals surface area contributed by atoms with Crippen molar-refractivity contribution < 1.29 is 19.1 Å². The molecule has 0 aliphatic carbocycles. The maximum Gasteiger partial charge on any atom is 0.408 e. The Morgan fingerprint density at radius 1 is 0.730 bits per heavy atom.